The Bertz CT molecular complexity index is 620. The van der Waals surface area contributed by atoms with Crippen molar-refractivity contribution in [1.29, 1.82) is 0 Å². The molecule has 2 heterocycles. The number of carboxylic acids is 1. The number of hydrogen-bond acceptors (Lipinski definition) is 3. The van der Waals surface area contributed by atoms with E-state index in [1.54, 1.807) is 0 Å². The van der Waals surface area contributed by atoms with Gasteiger partial charge in [0, 0.05) is 17.7 Å². The summed E-state index contributed by atoms with van der Waals surface area (Å²) in [5.74, 6) is 1.31. The lowest BCUT2D eigenvalue weighted by atomic mass is 10.1. The highest BCUT2D eigenvalue weighted by atomic mass is 32.2. The molecule has 1 fully saturated rings. The van der Waals surface area contributed by atoms with Crippen LogP contribution in [0.1, 0.15) is 28.5 Å². The molecule has 1 saturated heterocycles. The Morgan fingerprint density at radius 1 is 1.56 bits per heavy atom. The first-order valence-electron chi connectivity index (χ1n) is 5.65. The number of aromatic amines is 1. The van der Waals surface area contributed by atoms with Crippen LogP contribution in [0.15, 0.2) is 12.1 Å². The van der Waals surface area contributed by atoms with E-state index in [4.69, 9.17) is 5.11 Å². The van der Waals surface area contributed by atoms with Gasteiger partial charge in [-0.05, 0) is 18.2 Å². The van der Waals surface area contributed by atoms with Gasteiger partial charge >= 0.3 is 5.97 Å². The van der Waals surface area contributed by atoms with Gasteiger partial charge in [-0.15, -0.1) is 0 Å². The number of carbonyl (C=O) groups is 1. The molecule has 1 aromatic heterocycles. The van der Waals surface area contributed by atoms with Gasteiger partial charge < -0.3 is 10.1 Å². The molecule has 2 aromatic rings. The lowest BCUT2D eigenvalue weighted by Crippen LogP contribution is -1.99. The minimum absolute atomic E-state index is 0.332. The molecule has 4 nitrogen and oxygen atoms in total. The smallest absolute Gasteiger partial charge is 0.338 e. The van der Waals surface area contributed by atoms with Gasteiger partial charge in [-0.3, -0.25) is 0 Å². The number of hydrogen-bond donors (Lipinski definition) is 2. The zero-order chi connectivity index (χ0) is 12.7. The molecule has 1 aromatic carbocycles. The first-order chi connectivity index (χ1) is 8.65. The second kappa shape index (κ2) is 4.28. The zero-order valence-corrected chi connectivity index (χ0v) is 10.3. The highest BCUT2D eigenvalue weighted by Crippen LogP contribution is 2.32. The Morgan fingerprint density at radius 2 is 2.39 bits per heavy atom. The number of aromatic nitrogens is 2. The third-order valence-electron chi connectivity index (χ3n) is 3.14. The summed E-state index contributed by atoms with van der Waals surface area (Å²) in [5.41, 5.74) is 0.742. The van der Waals surface area contributed by atoms with E-state index in [-0.39, 0.29) is 5.56 Å². The van der Waals surface area contributed by atoms with Gasteiger partial charge in [-0.25, -0.2) is 14.2 Å². The van der Waals surface area contributed by atoms with Crippen molar-refractivity contribution < 1.29 is 14.3 Å². The van der Waals surface area contributed by atoms with Gasteiger partial charge in [0.25, 0.3) is 0 Å². The predicted molar refractivity (Wildman–Crippen MR) is 67.7 cm³/mol. The molecule has 0 aliphatic carbocycles. The molecule has 0 bridgehead atoms. The summed E-state index contributed by atoms with van der Waals surface area (Å²) in [5, 5.41) is 8.86. The van der Waals surface area contributed by atoms with Crippen molar-refractivity contribution in [3.05, 3.63) is 29.3 Å². The Balaban J connectivity index is 2.08. The van der Waals surface area contributed by atoms with Crippen molar-refractivity contribution in [2.24, 2.45) is 0 Å². The standard InChI is InChI=1S/C12H11FN2O2S/c13-8-4-10-9(3-7(8)12(16)17)14-11(15-10)6-1-2-18-5-6/h3-4,6H,1-2,5H2,(H,14,15)(H,16,17). The van der Waals surface area contributed by atoms with E-state index in [1.165, 1.54) is 12.1 Å². The van der Waals surface area contributed by atoms with Crippen molar-refractivity contribution in [3.63, 3.8) is 0 Å². The fraction of sp³-hybridized carbons (Fsp3) is 0.333. The van der Waals surface area contributed by atoms with E-state index in [0.717, 1.165) is 23.8 Å². The van der Waals surface area contributed by atoms with E-state index < -0.39 is 11.8 Å². The van der Waals surface area contributed by atoms with Crippen LogP contribution in [0.2, 0.25) is 0 Å². The van der Waals surface area contributed by atoms with Crippen LogP contribution < -0.4 is 0 Å². The second-order valence-corrected chi connectivity index (χ2v) is 5.49. The largest absolute Gasteiger partial charge is 0.478 e. The number of nitrogens with zero attached hydrogens (tertiary/aromatic N) is 1. The molecule has 6 heteroatoms. The summed E-state index contributed by atoms with van der Waals surface area (Å²) in [6.45, 7) is 0. The van der Waals surface area contributed by atoms with Crippen LogP contribution in [0.5, 0.6) is 0 Å². The van der Waals surface area contributed by atoms with Gasteiger partial charge in [0.2, 0.25) is 0 Å². The Hall–Kier alpha value is -1.56. The number of imidazole rings is 1. The minimum Gasteiger partial charge on any atom is -0.478 e. The molecule has 0 spiro atoms. The minimum atomic E-state index is -1.27. The summed E-state index contributed by atoms with van der Waals surface area (Å²) in [4.78, 5) is 18.3. The topological polar surface area (TPSA) is 66.0 Å². The monoisotopic (exact) mass is 266 g/mol. The van der Waals surface area contributed by atoms with Crippen LogP contribution in [0.3, 0.4) is 0 Å². The summed E-state index contributed by atoms with van der Waals surface area (Å²) in [7, 11) is 0. The molecule has 0 radical (unpaired) electrons. The van der Waals surface area contributed by atoms with Crippen molar-refractivity contribution >= 4 is 28.8 Å². The molecular weight excluding hydrogens is 255 g/mol. The summed E-state index contributed by atoms with van der Waals surface area (Å²) < 4.78 is 13.5. The molecule has 18 heavy (non-hydrogen) atoms. The maximum atomic E-state index is 13.5. The lowest BCUT2D eigenvalue weighted by molar-refractivity contribution is 0.0692. The molecule has 1 unspecified atom stereocenters. The summed E-state index contributed by atoms with van der Waals surface area (Å²) in [6.07, 6.45) is 1.05. The van der Waals surface area contributed by atoms with Gasteiger partial charge in [-0.2, -0.15) is 11.8 Å². The number of benzene rings is 1. The van der Waals surface area contributed by atoms with Crippen LogP contribution in [0.25, 0.3) is 11.0 Å². The van der Waals surface area contributed by atoms with E-state index >= 15 is 0 Å². The van der Waals surface area contributed by atoms with Gasteiger partial charge in [0.1, 0.15) is 11.6 Å². The third kappa shape index (κ3) is 1.86. The van der Waals surface area contributed by atoms with Crippen LogP contribution in [-0.4, -0.2) is 32.5 Å². The molecule has 0 saturated carbocycles. The van der Waals surface area contributed by atoms with Crippen LogP contribution in [-0.2, 0) is 0 Å². The van der Waals surface area contributed by atoms with Crippen LogP contribution in [0, 0.1) is 5.82 Å². The first-order valence-corrected chi connectivity index (χ1v) is 6.81. The molecule has 1 atom stereocenters. The molecule has 3 rings (SSSR count). The van der Waals surface area contributed by atoms with Gasteiger partial charge in [0.15, 0.2) is 0 Å². The number of aromatic carboxylic acids is 1. The quantitative estimate of drug-likeness (QED) is 0.877. The summed E-state index contributed by atoms with van der Waals surface area (Å²) >= 11 is 1.87. The molecule has 0 amide bonds. The molecular formula is C12H11FN2O2S. The van der Waals surface area contributed by atoms with Crippen molar-refractivity contribution in [2.75, 3.05) is 11.5 Å². The fourth-order valence-electron chi connectivity index (χ4n) is 2.16. The number of fused-ring (bicyclic) bond motifs is 1. The normalized spacial score (nSPS) is 19.5. The highest BCUT2D eigenvalue weighted by Gasteiger charge is 2.22. The van der Waals surface area contributed by atoms with Crippen molar-refractivity contribution in [2.45, 2.75) is 12.3 Å². The Kier molecular flexibility index (Phi) is 2.74. The molecule has 1 aliphatic heterocycles. The SMILES string of the molecule is O=C(O)c1cc2nc(C3CCSC3)[nH]c2cc1F. The molecule has 1 aliphatic rings. The zero-order valence-electron chi connectivity index (χ0n) is 9.44. The number of carboxylic acid groups (broad SMARTS) is 1. The molecule has 94 valence electrons. The van der Waals surface area contributed by atoms with E-state index in [0.29, 0.717) is 17.0 Å². The maximum absolute atomic E-state index is 13.5. The first kappa shape index (κ1) is 11.5. The summed E-state index contributed by atoms with van der Waals surface area (Å²) in [6, 6.07) is 2.49. The van der Waals surface area contributed by atoms with Crippen molar-refractivity contribution in [1.82, 2.24) is 9.97 Å². The van der Waals surface area contributed by atoms with Gasteiger partial charge in [0.05, 0.1) is 16.6 Å². The highest BCUT2D eigenvalue weighted by molar-refractivity contribution is 7.99. The fourth-order valence-corrected chi connectivity index (χ4v) is 3.38. The van der Waals surface area contributed by atoms with Crippen LogP contribution in [0.4, 0.5) is 4.39 Å². The third-order valence-corrected chi connectivity index (χ3v) is 4.30. The average Bonchev–Trinajstić information content (AvgIpc) is 2.95. The van der Waals surface area contributed by atoms with Gasteiger partial charge in [-0.1, -0.05) is 0 Å². The Morgan fingerprint density at radius 3 is 3.06 bits per heavy atom. The number of rotatable bonds is 2. The number of halogens is 1. The van der Waals surface area contributed by atoms with E-state index in [9.17, 15) is 9.18 Å². The van der Waals surface area contributed by atoms with Crippen molar-refractivity contribution in [3.8, 4) is 0 Å². The average molecular weight is 266 g/mol. The van der Waals surface area contributed by atoms with E-state index in [2.05, 4.69) is 9.97 Å². The second-order valence-electron chi connectivity index (χ2n) is 4.34. The predicted octanol–water partition coefficient (Wildman–Crippen LogP) is 2.62. The number of nitrogens with one attached hydrogen (secondary N) is 1. The van der Waals surface area contributed by atoms with E-state index in [1.807, 2.05) is 11.8 Å². The number of H-pyrrole nitrogens is 1. The number of thioether (sulfide) groups is 1. The molecule has 2 N–H and O–H groups in total. The Labute approximate surface area is 107 Å². The maximum Gasteiger partial charge on any atom is 0.338 e. The lowest BCUT2D eigenvalue weighted by Gasteiger charge is -2.01. The van der Waals surface area contributed by atoms with Crippen LogP contribution >= 0.6 is 11.8 Å².